The van der Waals surface area contributed by atoms with Gasteiger partial charge in [0.25, 0.3) is 5.91 Å². The first-order chi connectivity index (χ1) is 18.4. The third-order valence-electron chi connectivity index (χ3n) is 7.06. The predicted octanol–water partition coefficient (Wildman–Crippen LogP) is 3.70. The molecular formula is C30H30N6O2. The average Bonchev–Trinajstić information content (AvgIpc) is 3.27. The number of likely N-dealkylation sites (N-methyl/N-ethyl adjacent to an activating group) is 2. The molecule has 0 aromatic heterocycles. The van der Waals surface area contributed by atoms with Crippen LogP contribution < -0.4 is 15.5 Å². The van der Waals surface area contributed by atoms with Gasteiger partial charge in [0.05, 0.1) is 35.1 Å². The standard InChI is InChI=1S/C30H30N6O2/c1-34-14-16-36(17-15-34)20-27(37)35(2)24-11-9-23(10-12-24)32-29(22-6-4-3-5-7-22)28-25-13-8-21(19-31)18-26(25)33-30(28)38/h3-13,18,32H,14-17,20H2,1-2H3,(H,33,38)/b29-28-. The van der Waals surface area contributed by atoms with E-state index in [1.54, 1.807) is 30.1 Å². The van der Waals surface area contributed by atoms with Crippen molar-refractivity contribution in [2.24, 2.45) is 0 Å². The molecule has 2 aliphatic heterocycles. The van der Waals surface area contributed by atoms with Crippen LogP contribution in [0.15, 0.2) is 72.8 Å². The zero-order chi connectivity index (χ0) is 26.6. The van der Waals surface area contributed by atoms with E-state index in [0.29, 0.717) is 29.1 Å². The van der Waals surface area contributed by atoms with Crippen molar-refractivity contribution in [3.63, 3.8) is 0 Å². The number of piperazine rings is 1. The highest BCUT2D eigenvalue weighted by molar-refractivity contribution is 6.37. The number of nitrogens with one attached hydrogen (secondary N) is 2. The molecule has 0 bridgehead atoms. The van der Waals surface area contributed by atoms with Crippen LogP contribution in [0.25, 0.3) is 11.3 Å². The molecule has 38 heavy (non-hydrogen) atoms. The Morgan fingerprint density at radius 1 is 1.03 bits per heavy atom. The van der Waals surface area contributed by atoms with E-state index in [0.717, 1.165) is 48.7 Å². The molecule has 1 fully saturated rings. The number of nitrogens with zero attached hydrogens (tertiary/aromatic N) is 4. The lowest BCUT2D eigenvalue weighted by molar-refractivity contribution is -0.119. The van der Waals surface area contributed by atoms with E-state index in [-0.39, 0.29) is 11.8 Å². The zero-order valence-electron chi connectivity index (χ0n) is 21.6. The summed E-state index contributed by atoms with van der Waals surface area (Å²) in [7, 11) is 3.90. The van der Waals surface area contributed by atoms with E-state index in [4.69, 9.17) is 0 Å². The quantitative estimate of drug-likeness (QED) is 0.496. The maximum Gasteiger partial charge on any atom is 0.258 e. The van der Waals surface area contributed by atoms with Crippen molar-refractivity contribution >= 4 is 40.1 Å². The van der Waals surface area contributed by atoms with E-state index < -0.39 is 0 Å². The van der Waals surface area contributed by atoms with E-state index in [1.807, 2.05) is 54.6 Å². The summed E-state index contributed by atoms with van der Waals surface area (Å²) in [6, 6.07) is 24.6. The number of hydrogen-bond acceptors (Lipinski definition) is 6. The second-order valence-electron chi connectivity index (χ2n) is 9.65. The van der Waals surface area contributed by atoms with Crippen LogP contribution in [0.2, 0.25) is 0 Å². The first-order valence-electron chi connectivity index (χ1n) is 12.6. The molecule has 0 aliphatic carbocycles. The summed E-state index contributed by atoms with van der Waals surface area (Å²) in [5.74, 6) is -0.175. The minimum atomic E-state index is -0.229. The lowest BCUT2D eigenvalue weighted by Gasteiger charge is -2.32. The van der Waals surface area contributed by atoms with E-state index in [9.17, 15) is 14.9 Å². The van der Waals surface area contributed by atoms with Gasteiger partial charge >= 0.3 is 0 Å². The topological polar surface area (TPSA) is 91.7 Å². The fourth-order valence-electron chi connectivity index (χ4n) is 4.73. The molecule has 0 unspecified atom stereocenters. The third-order valence-corrected chi connectivity index (χ3v) is 7.06. The van der Waals surface area contributed by atoms with Crippen molar-refractivity contribution < 1.29 is 9.59 Å². The minimum Gasteiger partial charge on any atom is -0.354 e. The second kappa shape index (κ2) is 10.9. The zero-order valence-corrected chi connectivity index (χ0v) is 21.6. The van der Waals surface area contributed by atoms with Crippen molar-refractivity contribution in [2.45, 2.75) is 0 Å². The molecule has 0 saturated carbocycles. The van der Waals surface area contributed by atoms with Crippen LogP contribution in [0.4, 0.5) is 17.1 Å². The van der Waals surface area contributed by atoms with Crippen molar-refractivity contribution in [1.29, 1.82) is 5.26 Å². The van der Waals surface area contributed by atoms with Crippen LogP contribution in [0.1, 0.15) is 16.7 Å². The van der Waals surface area contributed by atoms with Crippen LogP contribution >= 0.6 is 0 Å². The van der Waals surface area contributed by atoms with E-state index in [1.165, 1.54) is 0 Å². The largest absolute Gasteiger partial charge is 0.354 e. The Kier molecular flexibility index (Phi) is 7.22. The Morgan fingerprint density at radius 2 is 1.74 bits per heavy atom. The van der Waals surface area contributed by atoms with Gasteiger partial charge in [-0.2, -0.15) is 5.26 Å². The first-order valence-corrected chi connectivity index (χ1v) is 12.6. The van der Waals surface area contributed by atoms with Crippen LogP contribution in [0, 0.1) is 11.3 Å². The molecule has 192 valence electrons. The van der Waals surface area contributed by atoms with Gasteiger partial charge in [-0.05, 0) is 49.0 Å². The van der Waals surface area contributed by atoms with Gasteiger partial charge in [0.1, 0.15) is 0 Å². The molecule has 2 heterocycles. The molecule has 2 aliphatic rings. The number of rotatable bonds is 6. The molecule has 0 spiro atoms. The van der Waals surface area contributed by atoms with Crippen molar-refractivity contribution in [2.75, 3.05) is 62.4 Å². The van der Waals surface area contributed by atoms with Gasteiger partial charge < -0.3 is 20.4 Å². The smallest absolute Gasteiger partial charge is 0.258 e. The second-order valence-corrected chi connectivity index (χ2v) is 9.65. The summed E-state index contributed by atoms with van der Waals surface area (Å²) >= 11 is 0. The van der Waals surface area contributed by atoms with Crippen LogP contribution in [-0.4, -0.2) is 68.4 Å². The molecule has 0 atom stereocenters. The van der Waals surface area contributed by atoms with Gasteiger partial charge in [0.2, 0.25) is 5.91 Å². The normalized spacial score (nSPS) is 16.8. The Balaban J connectivity index is 1.39. The molecule has 2 N–H and O–H groups in total. The Hall–Kier alpha value is -4.45. The summed E-state index contributed by atoms with van der Waals surface area (Å²) in [5, 5.41) is 15.6. The number of carbonyl (C=O) groups excluding carboxylic acids is 2. The summed E-state index contributed by atoms with van der Waals surface area (Å²) in [5.41, 5.74) is 5.48. The molecule has 8 heteroatoms. The first kappa shape index (κ1) is 25.2. The maximum atomic E-state index is 13.1. The third kappa shape index (κ3) is 5.30. The van der Waals surface area contributed by atoms with Crippen LogP contribution in [0.3, 0.4) is 0 Å². The summed E-state index contributed by atoms with van der Waals surface area (Å²) < 4.78 is 0. The number of amides is 2. The number of anilines is 3. The molecule has 8 nitrogen and oxygen atoms in total. The van der Waals surface area contributed by atoms with E-state index >= 15 is 0 Å². The van der Waals surface area contributed by atoms with Gasteiger partial charge in [-0.1, -0.05) is 36.4 Å². The number of benzene rings is 3. The molecule has 3 aromatic rings. The average molecular weight is 507 g/mol. The van der Waals surface area contributed by atoms with E-state index in [2.05, 4.69) is 33.6 Å². The molecule has 5 rings (SSSR count). The lowest BCUT2D eigenvalue weighted by Crippen LogP contribution is -2.48. The Morgan fingerprint density at radius 3 is 2.42 bits per heavy atom. The van der Waals surface area contributed by atoms with Gasteiger partial charge in [-0.15, -0.1) is 0 Å². The fourth-order valence-corrected chi connectivity index (χ4v) is 4.73. The highest BCUT2D eigenvalue weighted by Crippen LogP contribution is 2.38. The van der Waals surface area contributed by atoms with Crippen LogP contribution in [-0.2, 0) is 9.59 Å². The highest BCUT2D eigenvalue weighted by Gasteiger charge is 2.29. The summed E-state index contributed by atoms with van der Waals surface area (Å²) in [6.45, 7) is 4.13. The molecule has 3 aromatic carbocycles. The predicted molar refractivity (Wildman–Crippen MR) is 150 cm³/mol. The molecule has 2 amide bonds. The molecule has 0 radical (unpaired) electrons. The molecule has 1 saturated heterocycles. The number of carbonyl (C=O) groups is 2. The number of fused-ring (bicyclic) bond motifs is 1. The monoisotopic (exact) mass is 506 g/mol. The van der Waals surface area contributed by atoms with Crippen molar-refractivity contribution in [3.05, 3.63) is 89.5 Å². The fraction of sp³-hybridized carbons (Fsp3) is 0.233. The van der Waals surface area contributed by atoms with Gasteiger partial charge in [0, 0.05) is 50.2 Å². The maximum absolute atomic E-state index is 13.1. The summed E-state index contributed by atoms with van der Waals surface area (Å²) in [4.78, 5) is 32.1. The Labute approximate surface area is 222 Å². The number of nitriles is 1. The van der Waals surface area contributed by atoms with Gasteiger partial charge in [-0.25, -0.2) is 0 Å². The van der Waals surface area contributed by atoms with Crippen molar-refractivity contribution in [1.82, 2.24) is 9.80 Å². The minimum absolute atomic E-state index is 0.0540. The SMILES string of the molecule is CN1CCN(CC(=O)N(C)c2ccc(N/C(=C3\C(=O)Nc4cc(C#N)ccc43)c3ccccc3)cc2)CC1. The lowest BCUT2D eigenvalue weighted by atomic mass is 9.99. The van der Waals surface area contributed by atoms with Crippen LogP contribution in [0.5, 0.6) is 0 Å². The molecular weight excluding hydrogens is 476 g/mol. The number of hydrogen-bond donors (Lipinski definition) is 2. The van der Waals surface area contributed by atoms with Crippen molar-refractivity contribution in [3.8, 4) is 6.07 Å². The highest BCUT2D eigenvalue weighted by atomic mass is 16.2. The summed E-state index contributed by atoms with van der Waals surface area (Å²) in [6.07, 6.45) is 0. The Bertz CT molecular complexity index is 1420. The van der Waals surface area contributed by atoms with Gasteiger partial charge in [-0.3, -0.25) is 14.5 Å². The van der Waals surface area contributed by atoms with Gasteiger partial charge in [0.15, 0.2) is 0 Å².